The molecule has 0 radical (unpaired) electrons. The first-order valence-corrected chi connectivity index (χ1v) is 18.5. The first-order valence-electron chi connectivity index (χ1n) is 18.5. The third-order valence-corrected chi connectivity index (χ3v) is 8.35. The number of ether oxygens (including phenoxy) is 4. The number of carbonyl (C=O) groups excluding carboxylic acids is 2. The Hall–Kier alpha value is -4.61. The van der Waals surface area contributed by atoms with Crippen LogP contribution in [0.4, 0.5) is 5.95 Å². The molecule has 2 atom stereocenters. The van der Waals surface area contributed by atoms with Gasteiger partial charge in [0.25, 0.3) is 0 Å². The number of aromatic nitrogens is 3. The van der Waals surface area contributed by atoms with E-state index in [1.807, 2.05) is 0 Å². The van der Waals surface area contributed by atoms with Crippen molar-refractivity contribution in [2.45, 2.75) is 130 Å². The summed E-state index contributed by atoms with van der Waals surface area (Å²) in [5.41, 5.74) is 6.45. The summed E-state index contributed by atoms with van der Waals surface area (Å²) in [6.45, 7) is 8.23. The molecule has 2 aromatic carbocycles. The summed E-state index contributed by atoms with van der Waals surface area (Å²) < 4.78 is 22.1. The van der Waals surface area contributed by atoms with E-state index >= 15 is 0 Å². The second-order valence-corrected chi connectivity index (χ2v) is 12.8. The summed E-state index contributed by atoms with van der Waals surface area (Å²) >= 11 is 0. The summed E-state index contributed by atoms with van der Waals surface area (Å²) in [5, 5.41) is 21.7. The molecule has 0 spiro atoms. The molecule has 0 amide bonds. The number of nitrogens with zero attached hydrogens (tertiary/aromatic N) is 3. The monoisotopic (exact) mass is 708 g/mol. The number of anilines is 1. The van der Waals surface area contributed by atoms with Gasteiger partial charge in [0.05, 0.1) is 24.3 Å². The molecule has 12 heteroatoms. The van der Waals surface area contributed by atoms with Crippen LogP contribution in [0.3, 0.4) is 0 Å². The molecule has 280 valence electrons. The van der Waals surface area contributed by atoms with E-state index in [0.717, 1.165) is 38.5 Å². The lowest BCUT2D eigenvalue weighted by Crippen LogP contribution is -2.26. The number of phenolic OH excluding ortho intramolecular Hbond substituents is 2. The quantitative estimate of drug-likeness (QED) is 0.0600. The van der Waals surface area contributed by atoms with Crippen molar-refractivity contribution in [3.63, 3.8) is 0 Å². The van der Waals surface area contributed by atoms with E-state index in [9.17, 15) is 19.8 Å². The number of esters is 2. The Balaban J connectivity index is 1.55. The van der Waals surface area contributed by atoms with Gasteiger partial charge < -0.3 is 34.9 Å². The van der Waals surface area contributed by atoms with Gasteiger partial charge in [-0.05, 0) is 51.0 Å². The lowest BCUT2D eigenvalue weighted by molar-refractivity contribution is -0.152. The van der Waals surface area contributed by atoms with Gasteiger partial charge in [-0.25, -0.2) is 14.6 Å². The van der Waals surface area contributed by atoms with Crippen LogP contribution in [0, 0.1) is 0 Å². The number of carbonyl (C=O) groups is 2. The first kappa shape index (κ1) is 40.8. The third kappa shape index (κ3) is 14.3. The molecule has 1 aromatic heterocycles. The van der Waals surface area contributed by atoms with Gasteiger partial charge in [0.15, 0.2) is 23.9 Å². The van der Waals surface area contributed by atoms with E-state index in [2.05, 4.69) is 28.8 Å². The van der Waals surface area contributed by atoms with Crippen molar-refractivity contribution in [3.05, 3.63) is 36.4 Å². The number of nitrogen functional groups attached to an aromatic ring is 1. The average Bonchev–Trinajstić information content (AvgIpc) is 3.10. The molecule has 0 saturated heterocycles. The third-order valence-electron chi connectivity index (χ3n) is 8.35. The molecular weight excluding hydrogens is 652 g/mol. The standard InChI is InChI=1S/C39H56N4O8/c1-5-7-9-11-13-15-17-23-48-37(46)27(3)50-29-19-21-31(33(44)25-29)35-41-36(43-39(40)42-35)32-22-20-30(26-34(32)45)51-28(4)38(47)49-24-18-16-14-12-10-8-6-2/h19-22,25-28,44-45H,5-18,23-24H2,1-4H3,(H2,40,41,42,43). The second kappa shape index (κ2) is 22.3. The lowest BCUT2D eigenvalue weighted by Gasteiger charge is -2.15. The van der Waals surface area contributed by atoms with Crippen molar-refractivity contribution < 1.29 is 38.7 Å². The van der Waals surface area contributed by atoms with Gasteiger partial charge in [-0.1, -0.05) is 90.9 Å². The summed E-state index contributed by atoms with van der Waals surface area (Å²) in [4.78, 5) is 37.6. The minimum absolute atomic E-state index is 0.0563. The molecule has 4 N–H and O–H groups in total. The van der Waals surface area contributed by atoms with Gasteiger partial charge in [-0.15, -0.1) is 0 Å². The van der Waals surface area contributed by atoms with Gasteiger partial charge in [-0.3, -0.25) is 0 Å². The van der Waals surface area contributed by atoms with Crippen LogP contribution < -0.4 is 15.2 Å². The van der Waals surface area contributed by atoms with E-state index in [1.165, 1.54) is 75.6 Å². The minimum atomic E-state index is -0.877. The molecule has 2 unspecified atom stereocenters. The smallest absolute Gasteiger partial charge is 0.347 e. The molecule has 1 heterocycles. The number of rotatable bonds is 24. The van der Waals surface area contributed by atoms with Crippen molar-refractivity contribution in [3.8, 4) is 45.8 Å². The van der Waals surface area contributed by atoms with Crippen LogP contribution >= 0.6 is 0 Å². The predicted molar refractivity (Wildman–Crippen MR) is 197 cm³/mol. The summed E-state index contributed by atoms with van der Waals surface area (Å²) in [6.07, 6.45) is 13.9. The Morgan fingerprint density at radius 3 is 1.35 bits per heavy atom. The van der Waals surface area contributed by atoms with E-state index in [-0.39, 0.29) is 51.7 Å². The molecule has 0 fully saturated rings. The van der Waals surface area contributed by atoms with E-state index in [0.29, 0.717) is 13.2 Å². The normalized spacial score (nSPS) is 12.2. The number of unbranched alkanes of at least 4 members (excludes halogenated alkanes) is 12. The van der Waals surface area contributed by atoms with Gasteiger partial charge in [0.2, 0.25) is 5.95 Å². The summed E-state index contributed by atoms with van der Waals surface area (Å²) in [7, 11) is 0. The molecule has 0 aliphatic rings. The molecule has 3 rings (SSSR count). The largest absolute Gasteiger partial charge is 0.507 e. The zero-order valence-electron chi connectivity index (χ0n) is 30.7. The maximum atomic E-state index is 12.4. The molecule has 51 heavy (non-hydrogen) atoms. The number of aromatic hydroxyl groups is 2. The molecule has 0 saturated carbocycles. The van der Waals surface area contributed by atoms with Crippen molar-refractivity contribution in [2.24, 2.45) is 0 Å². The zero-order chi connectivity index (χ0) is 37.0. The minimum Gasteiger partial charge on any atom is -0.507 e. The van der Waals surface area contributed by atoms with Gasteiger partial charge >= 0.3 is 11.9 Å². The number of benzene rings is 2. The van der Waals surface area contributed by atoms with Crippen molar-refractivity contribution in [1.29, 1.82) is 0 Å². The Bertz CT molecular complexity index is 1410. The Morgan fingerprint density at radius 1 is 0.608 bits per heavy atom. The SMILES string of the molecule is CCCCCCCCCOC(=O)C(C)Oc1ccc(-c2nc(N)nc(-c3ccc(OC(C)C(=O)OCCCCCCCCC)cc3O)n2)c(O)c1. The van der Waals surface area contributed by atoms with Crippen molar-refractivity contribution in [1.82, 2.24) is 15.0 Å². The number of hydrogen-bond acceptors (Lipinski definition) is 12. The van der Waals surface area contributed by atoms with Gasteiger partial charge in [0, 0.05) is 12.1 Å². The fourth-order valence-electron chi connectivity index (χ4n) is 5.38. The fourth-order valence-corrected chi connectivity index (χ4v) is 5.38. The predicted octanol–water partition coefficient (Wildman–Crippen LogP) is 8.32. The van der Waals surface area contributed by atoms with Crippen LogP contribution in [-0.2, 0) is 19.1 Å². The van der Waals surface area contributed by atoms with Gasteiger partial charge in [-0.2, -0.15) is 9.97 Å². The summed E-state index contributed by atoms with van der Waals surface area (Å²) in [6, 6.07) is 8.90. The van der Waals surface area contributed by atoms with Crippen molar-refractivity contribution in [2.75, 3.05) is 18.9 Å². The highest BCUT2D eigenvalue weighted by molar-refractivity contribution is 5.76. The zero-order valence-corrected chi connectivity index (χ0v) is 30.7. The highest BCUT2D eigenvalue weighted by atomic mass is 16.6. The van der Waals surface area contributed by atoms with Crippen LogP contribution in [-0.4, -0.2) is 62.5 Å². The van der Waals surface area contributed by atoms with Gasteiger partial charge in [0.1, 0.15) is 23.0 Å². The van der Waals surface area contributed by atoms with E-state index < -0.39 is 24.1 Å². The first-order chi connectivity index (χ1) is 24.6. The van der Waals surface area contributed by atoms with Crippen LogP contribution in [0.25, 0.3) is 22.8 Å². The number of hydrogen-bond donors (Lipinski definition) is 3. The Labute approximate surface area is 302 Å². The molecule has 0 aliphatic carbocycles. The van der Waals surface area contributed by atoms with Crippen LogP contribution in [0.2, 0.25) is 0 Å². The van der Waals surface area contributed by atoms with Crippen LogP contribution in [0.1, 0.15) is 118 Å². The molecule has 0 bridgehead atoms. The topological polar surface area (TPSA) is 176 Å². The van der Waals surface area contributed by atoms with E-state index in [1.54, 1.807) is 26.0 Å². The molecule has 12 nitrogen and oxygen atoms in total. The Kier molecular flexibility index (Phi) is 17.8. The van der Waals surface area contributed by atoms with Crippen LogP contribution in [0.15, 0.2) is 36.4 Å². The number of nitrogens with two attached hydrogens (primary N) is 1. The van der Waals surface area contributed by atoms with Crippen LogP contribution in [0.5, 0.6) is 23.0 Å². The Morgan fingerprint density at radius 2 is 0.980 bits per heavy atom. The fraction of sp³-hybridized carbons (Fsp3) is 0.564. The van der Waals surface area contributed by atoms with Crippen molar-refractivity contribution >= 4 is 17.9 Å². The molecule has 3 aromatic rings. The number of phenols is 2. The highest BCUT2D eigenvalue weighted by Gasteiger charge is 2.20. The van der Waals surface area contributed by atoms with E-state index in [4.69, 9.17) is 24.7 Å². The maximum Gasteiger partial charge on any atom is 0.347 e. The molecular formula is C39H56N4O8. The average molecular weight is 709 g/mol. The highest BCUT2D eigenvalue weighted by Crippen LogP contribution is 2.35. The molecule has 0 aliphatic heterocycles. The summed E-state index contributed by atoms with van der Waals surface area (Å²) in [5.74, 6) is -0.911. The lowest BCUT2D eigenvalue weighted by atomic mass is 10.1. The maximum absolute atomic E-state index is 12.4. The second-order valence-electron chi connectivity index (χ2n) is 12.8.